The Kier molecular flexibility index (Phi) is 8.48. The van der Waals surface area contributed by atoms with Crippen LogP contribution in [0.5, 0.6) is 0 Å². The molecule has 1 N–H and O–H groups in total. The first-order valence-corrected chi connectivity index (χ1v) is 14.1. The third-order valence-electron chi connectivity index (χ3n) is 5.40. The van der Waals surface area contributed by atoms with E-state index in [1.54, 1.807) is 25.1 Å². The van der Waals surface area contributed by atoms with Gasteiger partial charge < -0.3 is 14.0 Å². The van der Waals surface area contributed by atoms with E-state index in [2.05, 4.69) is 9.71 Å². The summed E-state index contributed by atoms with van der Waals surface area (Å²) in [4.78, 5) is 41.7. The Morgan fingerprint density at radius 2 is 1.67 bits per heavy atom. The van der Waals surface area contributed by atoms with Gasteiger partial charge in [-0.25, -0.2) is 13.2 Å². The maximum Gasteiger partial charge on any atom is 0.337 e. The van der Waals surface area contributed by atoms with Crippen molar-refractivity contribution in [2.75, 3.05) is 18.4 Å². The number of nitrogens with zero attached hydrogens (tertiary/aromatic N) is 2. The number of hydrogen-bond acceptors (Lipinski definition) is 8. The minimum Gasteiger partial charge on any atom is -0.465 e. The van der Waals surface area contributed by atoms with Crippen molar-refractivity contribution in [2.45, 2.75) is 18.4 Å². The molecule has 0 unspecified atom stereocenters. The lowest BCUT2D eigenvalue weighted by atomic mass is 10.2. The summed E-state index contributed by atoms with van der Waals surface area (Å²) in [6.45, 7) is 1.68. The number of thiazole rings is 1. The first kappa shape index (κ1) is 28.0. The summed E-state index contributed by atoms with van der Waals surface area (Å²) < 4.78 is 39.6. The number of methoxy groups -OCH3 is 1. The van der Waals surface area contributed by atoms with E-state index >= 15 is 0 Å². The summed E-state index contributed by atoms with van der Waals surface area (Å²) in [5.74, 6) is -1.65. The Bertz CT molecular complexity index is 1730. The fourth-order valence-electron chi connectivity index (χ4n) is 3.55. The Morgan fingerprint density at radius 3 is 2.31 bits per heavy atom. The molecule has 39 heavy (non-hydrogen) atoms. The number of rotatable bonds is 8. The molecule has 3 aromatic carbocycles. The highest BCUT2D eigenvalue weighted by atomic mass is 35.5. The molecule has 0 saturated heterocycles. The zero-order valence-electron chi connectivity index (χ0n) is 20.7. The van der Waals surface area contributed by atoms with Crippen LogP contribution in [0, 0.1) is 0 Å². The number of esters is 2. The van der Waals surface area contributed by atoms with E-state index < -0.39 is 27.9 Å². The van der Waals surface area contributed by atoms with Crippen LogP contribution in [0.3, 0.4) is 0 Å². The second-order valence-corrected chi connectivity index (χ2v) is 11.1. The molecule has 0 spiro atoms. The number of ether oxygens (including phenoxy) is 2. The largest absolute Gasteiger partial charge is 0.465 e. The number of benzene rings is 3. The van der Waals surface area contributed by atoms with Crippen molar-refractivity contribution < 1.29 is 32.3 Å². The lowest BCUT2D eigenvalue weighted by molar-refractivity contribution is -0.143. The van der Waals surface area contributed by atoms with Crippen LogP contribution in [0.1, 0.15) is 27.6 Å². The van der Waals surface area contributed by atoms with Crippen LogP contribution in [-0.2, 0) is 30.8 Å². The molecule has 4 rings (SSSR count). The predicted molar refractivity (Wildman–Crippen MR) is 146 cm³/mol. The number of sulfonamides is 1. The normalized spacial score (nSPS) is 11.8. The molecule has 4 aromatic rings. The van der Waals surface area contributed by atoms with Gasteiger partial charge in [-0.3, -0.25) is 14.3 Å². The molecule has 0 bridgehead atoms. The maximum atomic E-state index is 13.0. The molecule has 0 fully saturated rings. The number of aromatic nitrogens is 1. The van der Waals surface area contributed by atoms with Gasteiger partial charge in [0.05, 0.1) is 34.4 Å². The third kappa shape index (κ3) is 6.53. The number of fused-ring (bicyclic) bond motifs is 1. The quantitative estimate of drug-likeness (QED) is 0.305. The summed E-state index contributed by atoms with van der Waals surface area (Å²) in [5.41, 5.74) is 1.33. The molecular weight excluding hydrogens is 566 g/mol. The van der Waals surface area contributed by atoms with Gasteiger partial charge in [-0.15, -0.1) is 0 Å². The van der Waals surface area contributed by atoms with Gasteiger partial charge in [0.2, 0.25) is 0 Å². The SMILES string of the molecule is CCOC(=O)Cn1c(=NC(=O)c2ccc(NS(=O)(=O)c3ccc(Cl)cc3)cc2)sc2cc(C(=O)OC)ccc21. The van der Waals surface area contributed by atoms with Crippen molar-refractivity contribution in [1.29, 1.82) is 0 Å². The fraction of sp³-hybridized carbons (Fsp3) is 0.154. The summed E-state index contributed by atoms with van der Waals surface area (Å²) in [7, 11) is -2.58. The maximum absolute atomic E-state index is 13.0. The average molecular weight is 588 g/mol. The van der Waals surface area contributed by atoms with Crippen LogP contribution in [0.2, 0.25) is 5.02 Å². The number of carbonyl (C=O) groups excluding carboxylic acids is 3. The third-order valence-corrected chi connectivity index (χ3v) is 8.09. The van der Waals surface area contributed by atoms with Crippen LogP contribution in [0.15, 0.2) is 76.6 Å². The van der Waals surface area contributed by atoms with Gasteiger partial charge in [-0.05, 0) is 73.7 Å². The first-order chi connectivity index (χ1) is 18.6. The van der Waals surface area contributed by atoms with Gasteiger partial charge in [0.25, 0.3) is 15.9 Å². The van der Waals surface area contributed by atoms with Crippen molar-refractivity contribution >= 4 is 66.7 Å². The monoisotopic (exact) mass is 587 g/mol. The molecule has 13 heteroatoms. The van der Waals surface area contributed by atoms with Gasteiger partial charge >= 0.3 is 11.9 Å². The fourth-order valence-corrected chi connectivity index (χ4v) is 5.80. The van der Waals surface area contributed by atoms with Crippen LogP contribution < -0.4 is 9.52 Å². The summed E-state index contributed by atoms with van der Waals surface area (Å²) in [6.07, 6.45) is 0. The second kappa shape index (κ2) is 11.8. The minimum absolute atomic E-state index is 0.0355. The predicted octanol–water partition coefficient (Wildman–Crippen LogP) is 4.25. The highest BCUT2D eigenvalue weighted by molar-refractivity contribution is 7.92. The molecule has 10 nitrogen and oxygen atoms in total. The molecule has 0 atom stereocenters. The van der Waals surface area contributed by atoms with Gasteiger partial charge in [-0.1, -0.05) is 22.9 Å². The number of nitrogens with one attached hydrogen (secondary N) is 1. The van der Waals surface area contributed by atoms with E-state index in [0.717, 1.165) is 11.3 Å². The Balaban J connectivity index is 1.64. The first-order valence-electron chi connectivity index (χ1n) is 11.5. The Hall–Kier alpha value is -4.00. The topological polar surface area (TPSA) is 133 Å². The van der Waals surface area contributed by atoms with Crippen molar-refractivity contribution in [1.82, 2.24) is 4.57 Å². The second-order valence-electron chi connectivity index (χ2n) is 8.00. The molecule has 0 aliphatic rings. The number of amides is 1. The molecule has 1 heterocycles. The van der Waals surface area contributed by atoms with Gasteiger partial charge in [0.15, 0.2) is 4.80 Å². The van der Waals surface area contributed by atoms with E-state index in [1.807, 2.05) is 0 Å². The number of halogens is 1. The number of hydrogen-bond donors (Lipinski definition) is 1. The molecule has 1 amide bonds. The molecule has 0 saturated carbocycles. The van der Waals surface area contributed by atoms with Crippen molar-refractivity contribution in [3.63, 3.8) is 0 Å². The van der Waals surface area contributed by atoms with Crippen molar-refractivity contribution in [3.05, 3.63) is 87.7 Å². The van der Waals surface area contributed by atoms with Crippen molar-refractivity contribution in [3.8, 4) is 0 Å². The van der Waals surface area contributed by atoms with Crippen LogP contribution in [-0.4, -0.2) is 44.5 Å². The molecule has 0 aliphatic heterocycles. The van der Waals surface area contributed by atoms with Crippen LogP contribution >= 0.6 is 22.9 Å². The van der Waals surface area contributed by atoms with E-state index in [1.165, 1.54) is 60.2 Å². The molecule has 0 radical (unpaired) electrons. The van der Waals surface area contributed by atoms with Crippen molar-refractivity contribution in [2.24, 2.45) is 4.99 Å². The van der Waals surface area contributed by atoms with Crippen LogP contribution in [0.25, 0.3) is 10.2 Å². The summed E-state index contributed by atoms with van der Waals surface area (Å²) in [5, 5.41) is 0.409. The summed E-state index contributed by atoms with van der Waals surface area (Å²) >= 11 is 6.94. The lowest BCUT2D eigenvalue weighted by Crippen LogP contribution is -2.23. The smallest absolute Gasteiger partial charge is 0.337 e. The van der Waals surface area contributed by atoms with E-state index in [4.69, 9.17) is 21.1 Å². The number of anilines is 1. The zero-order valence-corrected chi connectivity index (χ0v) is 23.1. The average Bonchev–Trinajstić information content (AvgIpc) is 3.24. The lowest BCUT2D eigenvalue weighted by Gasteiger charge is -2.08. The Morgan fingerprint density at radius 1 is 1.00 bits per heavy atom. The van der Waals surface area contributed by atoms with E-state index in [-0.39, 0.29) is 34.1 Å². The molecule has 0 aliphatic carbocycles. The highest BCUT2D eigenvalue weighted by Gasteiger charge is 2.17. The summed E-state index contributed by atoms with van der Waals surface area (Å²) in [6, 6.07) is 16.2. The van der Waals surface area contributed by atoms with Crippen LogP contribution in [0.4, 0.5) is 5.69 Å². The molecule has 202 valence electrons. The van der Waals surface area contributed by atoms with Gasteiger partial charge in [-0.2, -0.15) is 4.99 Å². The minimum atomic E-state index is -3.86. The molecular formula is C26H22ClN3O7S2. The van der Waals surface area contributed by atoms with E-state index in [0.29, 0.717) is 20.8 Å². The molecule has 1 aromatic heterocycles. The van der Waals surface area contributed by atoms with Gasteiger partial charge in [0.1, 0.15) is 6.54 Å². The standard InChI is InChI=1S/C26H22ClN3O7S2/c1-3-37-23(31)15-30-21-13-6-17(25(33)36-2)14-22(21)38-26(30)28-24(32)16-4-9-19(10-5-16)29-39(34,35)20-11-7-18(27)8-12-20/h4-14,29H,3,15H2,1-2H3. The zero-order chi connectivity index (χ0) is 28.2. The van der Waals surface area contributed by atoms with E-state index in [9.17, 15) is 22.8 Å². The number of carbonyl (C=O) groups is 3. The van der Waals surface area contributed by atoms with Gasteiger partial charge in [0, 0.05) is 16.3 Å². The Labute approximate surface area is 232 Å². The highest BCUT2D eigenvalue weighted by Crippen LogP contribution is 2.21.